The molecular formula is C25H24N2O2. The first-order chi connectivity index (χ1) is 14.2. The van der Waals surface area contributed by atoms with E-state index < -0.39 is 0 Å². The van der Waals surface area contributed by atoms with E-state index in [9.17, 15) is 9.59 Å². The van der Waals surface area contributed by atoms with Crippen LogP contribution in [-0.2, 0) is 12.8 Å². The summed E-state index contributed by atoms with van der Waals surface area (Å²) in [5.41, 5.74) is 5.20. The third-order valence-corrected chi connectivity index (χ3v) is 5.35. The van der Waals surface area contributed by atoms with Crippen LogP contribution in [0.3, 0.4) is 0 Å². The van der Waals surface area contributed by atoms with Crippen molar-refractivity contribution in [3.63, 3.8) is 0 Å². The van der Waals surface area contributed by atoms with Crippen molar-refractivity contribution in [2.24, 2.45) is 0 Å². The summed E-state index contributed by atoms with van der Waals surface area (Å²) in [6, 6.07) is 22.8. The predicted octanol–water partition coefficient (Wildman–Crippen LogP) is 5.09. The summed E-state index contributed by atoms with van der Waals surface area (Å²) < 4.78 is 0. The number of nitrogens with one attached hydrogen (secondary N) is 1. The van der Waals surface area contributed by atoms with E-state index in [0.29, 0.717) is 23.4 Å². The lowest BCUT2D eigenvalue weighted by molar-refractivity contribution is 0.0984. The van der Waals surface area contributed by atoms with Crippen LogP contribution < -0.4 is 10.2 Å². The van der Waals surface area contributed by atoms with Gasteiger partial charge in [0.05, 0.1) is 0 Å². The highest BCUT2D eigenvalue weighted by atomic mass is 16.2. The van der Waals surface area contributed by atoms with Crippen LogP contribution in [0, 0.1) is 0 Å². The molecule has 0 bridgehead atoms. The Morgan fingerprint density at radius 3 is 2.41 bits per heavy atom. The second kappa shape index (κ2) is 8.31. The first kappa shape index (κ1) is 18.9. The molecule has 4 rings (SSSR count). The lowest BCUT2D eigenvalue weighted by Crippen LogP contribution is -2.35. The third kappa shape index (κ3) is 4.06. The van der Waals surface area contributed by atoms with Gasteiger partial charge in [-0.05, 0) is 66.8 Å². The predicted molar refractivity (Wildman–Crippen MR) is 117 cm³/mol. The van der Waals surface area contributed by atoms with E-state index >= 15 is 0 Å². The highest BCUT2D eigenvalue weighted by Gasteiger charge is 2.24. The fraction of sp³-hybridized carbons (Fsp3) is 0.200. The second-order valence-electron chi connectivity index (χ2n) is 7.27. The molecule has 1 heterocycles. The van der Waals surface area contributed by atoms with Crippen LogP contribution in [0.4, 0.5) is 11.4 Å². The largest absolute Gasteiger partial charge is 0.322 e. The normalized spacial score (nSPS) is 12.9. The standard InChI is InChI=1S/C25H24N2O2/c1-2-18-10-12-20(13-11-18)24(28)26-22-15-14-19-9-6-16-27(23(19)17-22)25(29)21-7-4-3-5-8-21/h3-5,7-8,10-15,17H,2,6,9,16H2,1H3,(H,26,28). The topological polar surface area (TPSA) is 49.4 Å². The molecule has 0 spiro atoms. The van der Waals surface area contributed by atoms with Gasteiger partial charge in [0.15, 0.2) is 0 Å². The summed E-state index contributed by atoms with van der Waals surface area (Å²) >= 11 is 0. The smallest absolute Gasteiger partial charge is 0.258 e. The van der Waals surface area contributed by atoms with Gasteiger partial charge in [0.2, 0.25) is 0 Å². The number of nitrogens with zero attached hydrogens (tertiary/aromatic N) is 1. The highest BCUT2D eigenvalue weighted by Crippen LogP contribution is 2.31. The molecule has 0 radical (unpaired) electrons. The minimum Gasteiger partial charge on any atom is -0.322 e. The number of carbonyl (C=O) groups is 2. The first-order valence-electron chi connectivity index (χ1n) is 10.1. The summed E-state index contributed by atoms with van der Waals surface area (Å²) in [5, 5.41) is 2.97. The molecule has 0 atom stereocenters. The van der Waals surface area contributed by atoms with E-state index in [1.165, 1.54) is 5.56 Å². The SMILES string of the molecule is CCc1ccc(C(=O)Nc2ccc3c(c2)N(C(=O)c2ccccc2)CCC3)cc1. The third-order valence-electron chi connectivity index (χ3n) is 5.35. The summed E-state index contributed by atoms with van der Waals surface area (Å²) in [6.07, 6.45) is 2.81. The number of amides is 2. The van der Waals surface area contributed by atoms with Crippen molar-refractivity contribution >= 4 is 23.2 Å². The van der Waals surface area contributed by atoms with Crippen molar-refractivity contribution in [1.82, 2.24) is 0 Å². The zero-order valence-electron chi connectivity index (χ0n) is 16.5. The molecule has 0 unspecified atom stereocenters. The Hall–Kier alpha value is -3.40. The highest BCUT2D eigenvalue weighted by molar-refractivity contribution is 6.08. The Bertz CT molecular complexity index is 1030. The number of rotatable bonds is 4. The summed E-state index contributed by atoms with van der Waals surface area (Å²) in [7, 11) is 0. The molecule has 29 heavy (non-hydrogen) atoms. The van der Waals surface area contributed by atoms with Crippen molar-refractivity contribution in [2.45, 2.75) is 26.2 Å². The molecule has 2 amide bonds. The molecule has 1 aliphatic heterocycles. The van der Waals surface area contributed by atoms with E-state index in [1.54, 1.807) is 0 Å². The van der Waals surface area contributed by atoms with E-state index in [0.717, 1.165) is 30.5 Å². The van der Waals surface area contributed by atoms with Crippen LogP contribution in [0.2, 0.25) is 0 Å². The molecule has 4 heteroatoms. The number of benzene rings is 3. The maximum absolute atomic E-state index is 13.0. The molecule has 4 nitrogen and oxygen atoms in total. The van der Waals surface area contributed by atoms with Gasteiger partial charge in [-0.2, -0.15) is 0 Å². The zero-order chi connectivity index (χ0) is 20.2. The van der Waals surface area contributed by atoms with Crippen LogP contribution in [0.1, 0.15) is 45.2 Å². The lowest BCUT2D eigenvalue weighted by Gasteiger charge is -2.30. The molecule has 1 aliphatic rings. The van der Waals surface area contributed by atoms with E-state index in [1.807, 2.05) is 77.7 Å². The van der Waals surface area contributed by atoms with Gasteiger partial charge in [0.1, 0.15) is 0 Å². The Balaban J connectivity index is 1.58. The first-order valence-corrected chi connectivity index (χ1v) is 10.1. The Morgan fingerprint density at radius 2 is 1.69 bits per heavy atom. The molecule has 3 aromatic rings. The van der Waals surface area contributed by atoms with Crippen LogP contribution in [0.15, 0.2) is 72.8 Å². The molecule has 146 valence electrons. The maximum Gasteiger partial charge on any atom is 0.258 e. The Labute approximate surface area is 171 Å². The fourth-order valence-electron chi connectivity index (χ4n) is 3.69. The van der Waals surface area contributed by atoms with Gasteiger partial charge in [-0.25, -0.2) is 0 Å². The Kier molecular flexibility index (Phi) is 5.43. The Morgan fingerprint density at radius 1 is 0.931 bits per heavy atom. The molecule has 0 saturated heterocycles. The molecule has 0 fully saturated rings. The van der Waals surface area contributed by atoms with Crippen LogP contribution in [-0.4, -0.2) is 18.4 Å². The summed E-state index contributed by atoms with van der Waals surface area (Å²) in [5.74, 6) is -0.158. The van der Waals surface area contributed by atoms with Crippen molar-refractivity contribution in [2.75, 3.05) is 16.8 Å². The molecular weight excluding hydrogens is 360 g/mol. The number of fused-ring (bicyclic) bond motifs is 1. The average Bonchev–Trinajstić information content (AvgIpc) is 2.78. The van der Waals surface area contributed by atoms with E-state index in [2.05, 4.69) is 12.2 Å². The summed E-state index contributed by atoms with van der Waals surface area (Å²) in [4.78, 5) is 27.5. The maximum atomic E-state index is 13.0. The quantitative estimate of drug-likeness (QED) is 0.681. The number of anilines is 2. The minimum atomic E-state index is -0.149. The zero-order valence-corrected chi connectivity index (χ0v) is 16.5. The number of hydrogen-bond donors (Lipinski definition) is 1. The van der Waals surface area contributed by atoms with E-state index in [4.69, 9.17) is 0 Å². The number of hydrogen-bond acceptors (Lipinski definition) is 2. The van der Waals surface area contributed by atoms with Crippen molar-refractivity contribution < 1.29 is 9.59 Å². The molecule has 0 saturated carbocycles. The van der Waals surface area contributed by atoms with E-state index in [-0.39, 0.29) is 11.8 Å². The molecule has 3 aromatic carbocycles. The number of aryl methyl sites for hydroxylation is 2. The summed E-state index contributed by atoms with van der Waals surface area (Å²) in [6.45, 7) is 2.77. The molecule has 0 aliphatic carbocycles. The van der Waals surface area contributed by atoms with Crippen molar-refractivity contribution in [3.8, 4) is 0 Å². The van der Waals surface area contributed by atoms with Crippen LogP contribution >= 0.6 is 0 Å². The fourth-order valence-corrected chi connectivity index (χ4v) is 3.69. The number of carbonyl (C=O) groups excluding carboxylic acids is 2. The average molecular weight is 384 g/mol. The molecule has 1 N–H and O–H groups in total. The second-order valence-corrected chi connectivity index (χ2v) is 7.27. The van der Waals surface area contributed by atoms with Gasteiger partial charge in [-0.3, -0.25) is 9.59 Å². The minimum absolute atomic E-state index is 0.00909. The van der Waals surface area contributed by atoms with Gasteiger partial charge >= 0.3 is 0 Å². The lowest BCUT2D eigenvalue weighted by atomic mass is 10.00. The van der Waals surface area contributed by atoms with Gasteiger partial charge in [-0.1, -0.05) is 43.3 Å². The van der Waals surface area contributed by atoms with Gasteiger partial charge in [0.25, 0.3) is 11.8 Å². The monoisotopic (exact) mass is 384 g/mol. The van der Waals surface area contributed by atoms with Crippen molar-refractivity contribution in [3.05, 3.63) is 95.1 Å². The van der Waals surface area contributed by atoms with Gasteiger partial charge in [0, 0.05) is 29.0 Å². The van der Waals surface area contributed by atoms with Gasteiger partial charge in [-0.15, -0.1) is 0 Å². The van der Waals surface area contributed by atoms with Crippen molar-refractivity contribution in [1.29, 1.82) is 0 Å². The van der Waals surface area contributed by atoms with Crippen LogP contribution in [0.25, 0.3) is 0 Å². The molecule has 0 aromatic heterocycles. The van der Waals surface area contributed by atoms with Crippen LogP contribution in [0.5, 0.6) is 0 Å². The van der Waals surface area contributed by atoms with Gasteiger partial charge < -0.3 is 10.2 Å².